The smallest absolute Gasteiger partial charge is 0.122 e. The monoisotopic (exact) mass is 236 g/mol. The van der Waals surface area contributed by atoms with E-state index < -0.39 is 0 Å². The summed E-state index contributed by atoms with van der Waals surface area (Å²) in [6.07, 6.45) is 0. The zero-order valence-corrected chi connectivity index (χ0v) is 11.6. The lowest BCUT2D eigenvalue weighted by molar-refractivity contribution is 0.384. The highest BCUT2D eigenvalue weighted by Gasteiger charge is 2.24. The maximum Gasteiger partial charge on any atom is 0.122 e. The molecule has 0 saturated heterocycles. The Morgan fingerprint density at radius 1 is 1.29 bits per heavy atom. The number of ether oxygens (including phenoxy) is 1. The summed E-state index contributed by atoms with van der Waals surface area (Å²) in [7, 11) is 3.67. The van der Waals surface area contributed by atoms with E-state index in [1.54, 1.807) is 7.11 Å². The van der Waals surface area contributed by atoms with E-state index in [-0.39, 0.29) is 5.41 Å². The van der Waals surface area contributed by atoms with Gasteiger partial charge in [-0.15, -0.1) is 0 Å². The predicted octanol–water partition coefficient (Wildman–Crippen LogP) is 2.05. The molecule has 0 spiro atoms. The molecule has 0 aromatic heterocycles. The van der Waals surface area contributed by atoms with Crippen LogP contribution >= 0.6 is 0 Å². The lowest BCUT2D eigenvalue weighted by atomic mass is 9.83. The summed E-state index contributed by atoms with van der Waals surface area (Å²) < 4.78 is 5.45. The van der Waals surface area contributed by atoms with Crippen LogP contribution in [0.15, 0.2) is 18.2 Å². The van der Waals surface area contributed by atoms with E-state index in [4.69, 9.17) is 4.74 Å². The number of aryl methyl sites for hydroxylation is 1. The number of nitrogens with one attached hydrogen (secondary N) is 2. The summed E-state index contributed by atoms with van der Waals surface area (Å²) in [5.74, 6) is 0.965. The molecule has 1 rings (SSSR count). The van der Waals surface area contributed by atoms with Crippen LogP contribution in [0.25, 0.3) is 0 Å². The number of hydrogen-bond acceptors (Lipinski definition) is 3. The summed E-state index contributed by atoms with van der Waals surface area (Å²) in [5, 5.41) is 6.47. The highest BCUT2D eigenvalue weighted by molar-refractivity contribution is 5.41. The summed E-state index contributed by atoms with van der Waals surface area (Å²) in [4.78, 5) is 0. The molecule has 96 valence electrons. The van der Waals surface area contributed by atoms with Crippen LogP contribution < -0.4 is 15.4 Å². The Balaban J connectivity index is 2.91. The highest BCUT2D eigenvalue weighted by atomic mass is 16.5. The Kier molecular flexibility index (Phi) is 4.97. The minimum absolute atomic E-state index is 0.0498. The minimum atomic E-state index is 0.0498. The average Bonchev–Trinajstić information content (AvgIpc) is 2.29. The van der Waals surface area contributed by atoms with E-state index in [1.165, 1.54) is 11.1 Å². The first-order valence-corrected chi connectivity index (χ1v) is 6.01. The third-order valence-electron chi connectivity index (χ3n) is 2.95. The molecule has 2 N–H and O–H groups in total. The molecular formula is C14H24N2O. The van der Waals surface area contributed by atoms with Gasteiger partial charge in [-0.2, -0.15) is 0 Å². The van der Waals surface area contributed by atoms with Gasteiger partial charge in [0, 0.05) is 24.2 Å². The minimum Gasteiger partial charge on any atom is -0.496 e. The molecule has 0 aliphatic rings. The molecule has 17 heavy (non-hydrogen) atoms. The SMILES string of the molecule is CNCNCC(C)(C)c1cc(C)ccc1OC. The quantitative estimate of drug-likeness (QED) is 0.586. The Morgan fingerprint density at radius 3 is 2.59 bits per heavy atom. The molecule has 0 unspecified atom stereocenters. The molecule has 3 nitrogen and oxygen atoms in total. The Bertz CT molecular complexity index is 361. The van der Waals surface area contributed by atoms with E-state index >= 15 is 0 Å². The van der Waals surface area contributed by atoms with Crippen LogP contribution in [0.4, 0.5) is 0 Å². The van der Waals surface area contributed by atoms with E-state index in [0.29, 0.717) is 0 Å². The van der Waals surface area contributed by atoms with Crippen LogP contribution in [0.2, 0.25) is 0 Å². The molecule has 1 aromatic carbocycles. The van der Waals surface area contributed by atoms with E-state index in [2.05, 4.69) is 43.5 Å². The van der Waals surface area contributed by atoms with Gasteiger partial charge in [-0.1, -0.05) is 31.5 Å². The van der Waals surface area contributed by atoms with Crippen LogP contribution in [0.5, 0.6) is 5.75 Å². The van der Waals surface area contributed by atoms with Gasteiger partial charge in [0.2, 0.25) is 0 Å². The first-order chi connectivity index (χ1) is 8.01. The highest BCUT2D eigenvalue weighted by Crippen LogP contribution is 2.31. The second-order valence-corrected chi connectivity index (χ2v) is 5.04. The van der Waals surface area contributed by atoms with Gasteiger partial charge >= 0.3 is 0 Å². The Morgan fingerprint density at radius 2 is 2.00 bits per heavy atom. The van der Waals surface area contributed by atoms with Crippen molar-refractivity contribution in [1.29, 1.82) is 0 Å². The maximum atomic E-state index is 5.45. The lowest BCUT2D eigenvalue weighted by Crippen LogP contribution is -2.37. The van der Waals surface area contributed by atoms with Crippen LogP contribution in [0, 0.1) is 6.92 Å². The van der Waals surface area contributed by atoms with Crippen molar-refractivity contribution in [2.75, 3.05) is 27.4 Å². The average molecular weight is 236 g/mol. The summed E-state index contributed by atoms with van der Waals surface area (Å²) >= 11 is 0. The number of rotatable bonds is 6. The van der Waals surface area contributed by atoms with Crippen molar-refractivity contribution in [3.05, 3.63) is 29.3 Å². The molecule has 0 bridgehead atoms. The van der Waals surface area contributed by atoms with E-state index in [9.17, 15) is 0 Å². The van der Waals surface area contributed by atoms with Crippen molar-refractivity contribution in [2.45, 2.75) is 26.2 Å². The van der Waals surface area contributed by atoms with Gasteiger partial charge in [0.25, 0.3) is 0 Å². The summed E-state index contributed by atoms with van der Waals surface area (Å²) in [6.45, 7) is 8.30. The number of hydrogen-bond donors (Lipinski definition) is 2. The summed E-state index contributed by atoms with van der Waals surface area (Å²) in [5.41, 5.74) is 2.57. The van der Waals surface area contributed by atoms with Crippen LogP contribution in [0.3, 0.4) is 0 Å². The fourth-order valence-electron chi connectivity index (χ4n) is 1.95. The van der Waals surface area contributed by atoms with Gasteiger partial charge in [0.15, 0.2) is 0 Å². The Labute approximate surface area is 105 Å². The van der Waals surface area contributed by atoms with Crippen molar-refractivity contribution in [3.8, 4) is 5.75 Å². The molecule has 0 radical (unpaired) electrons. The van der Waals surface area contributed by atoms with Crippen molar-refractivity contribution >= 4 is 0 Å². The molecule has 0 atom stereocenters. The van der Waals surface area contributed by atoms with Crippen molar-refractivity contribution in [2.24, 2.45) is 0 Å². The van der Waals surface area contributed by atoms with Gasteiger partial charge in [-0.25, -0.2) is 0 Å². The lowest BCUT2D eigenvalue weighted by Gasteiger charge is -2.28. The van der Waals surface area contributed by atoms with Crippen molar-refractivity contribution in [1.82, 2.24) is 10.6 Å². The normalized spacial score (nSPS) is 11.6. The topological polar surface area (TPSA) is 33.3 Å². The predicted molar refractivity (Wildman–Crippen MR) is 72.7 cm³/mol. The van der Waals surface area contributed by atoms with E-state index in [1.807, 2.05) is 13.1 Å². The molecule has 0 saturated carbocycles. The van der Waals surface area contributed by atoms with Crippen LogP contribution in [0.1, 0.15) is 25.0 Å². The van der Waals surface area contributed by atoms with Gasteiger partial charge in [0.1, 0.15) is 5.75 Å². The zero-order chi connectivity index (χ0) is 12.9. The molecule has 3 heteroatoms. The van der Waals surface area contributed by atoms with Crippen LogP contribution in [-0.2, 0) is 5.41 Å². The largest absolute Gasteiger partial charge is 0.496 e. The molecule has 0 amide bonds. The number of benzene rings is 1. The maximum absolute atomic E-state index is 5.45. The van der Waals surface area contributed by atoms with E-state index in [0.717, 1.165) is 19.0 Å². The second kappa shape index (κ2) is 6.03. The molecule has 0 fully saturated rings. The molecule has 0 heterocycles. The first-order valence-electron chi connectivity index (χ1n) is 6.01. The van der Waals surface area contributed by atoms with Gasteiger partial charge < -0.3 is 15.4 Å². The van der Waals surface area contributed by atoms with Crippen LogP contribution in [-0.4, -0.2) is 27.4 Å². The molecule has 1 aromatic rings. The van der Waals surface area contributed by atoms with Gasteiger partial charge in [-0.3, -0.25) is 0 Å². The molecular weight excluding hydrogens is 212 g/mol. The second-order valence-electron chi connectivity index (χ2n) is 5.04. The third kappa shape index (κ3) is 3.72. The fourth-order valence-corrected chi connectivity index (χ4v) is 1.95. The molecule has 0 aliphatic carbocycles. The fraction of sp³-hybridized carbons (Fsp3) is 0.571. The van der Waals surface area contributed by atoms with Gasteiger partial charge in [0.05, 0.1) is 7.11 Å². The van der Waals surface area contributed by atoms with Crippen molar-refractivity contribution in [3.63, 3.8) is 0 Å². The van der Waals surface area contributed by atoms with Crippen molar-refractivity contribution < 1.29 is 4.74 Å². The first kappa shape index (κ1) is 14.0. The Hall–Kier alpha value is -1.06. The number of methoxy groups -OCH3 is 1. The standard InChI is InChI=1S/C14H24N2O/c1-11-6-7-13(17-5)12(8-11)14(2,3)9-16-10-15-4/h6-8,15-16H,9-10H2,1-5H3. The molecule has 0 aliphatic heterocycles. The third-order valence-corrected chi connectivity index (χ3v) is 2.95. The zero-order valence-electron chi connectivity index (χ0n) is 11.6. The summed E-state index contributed by atoms with van der Waals surface area (Å²) in [6, 6.07) is 6.34. The van der Waals surface area contributed by atoms with Gasteiger partial charge in [-0.05, 0) is 20.0 Å².